The second-order valence-corrected chi connectivity index (χ2v) is 5.49. The van der Waals surface area contributed by atoms with Crippen LogP contribution >= 0.6 is 11.8 Å². The summed E-state index contributed by atoms with van der Waals surface area (Å²) in [6.45, 7) is 4.19. The van der Waals surface area contributed by atoms with E-state index in [1.54, 1.807) is 0 Å². The van der Waals surface area contributed by atoms with Crippen LogP contribution in [0, 0.1) is 0 Å². The predicted octanol–water partition coefficient (Wildman–Crippen LogP) is 3.61. The van der Waals surface area contributed by atoms with Crippen LogP contribution in [0.3, 0.4) is 0 Å². The van der Waals surface area contributed by atoms with E-state index in [4.69, 9.17) is 0 Å². The number of hydrogen-bond donors (Lipinski definition) is 1. The van der Waals surface area contributed by atoms with E-state index in [2.05, 4.69) is 47.6 Å². The Hall–Kier alpha value is -0.960. The smallest absolute Gasteiger partial charge is 0.157 e. The van der Waals surface area contributed by atoms with Gasteiger partial charge in [-0.2, -0.15) is 0 Å². The van der Waals surface area contributed by atoms with Crippen LogP contribution in [0.4, 0.5) is 0 Å². The molecule has 2 rings (SSSR count). The zero-order valence-corrected chi connectivity index (χ0v) is 11.2. The van der Waals surface area contributed by atoms with Gasteiger partial charge in [-0.1, -0.05) is 61.9 Å². The molecule has 1 atom stereocenters. The molecule has 1 heterocycles. The number of rotatable bonds is 5. The standard InChI is InChI=1S/C14H20N2S/c1-2-3-7-10-15-14-16-11-13(17-14)12-8-5-4-6-9-12/h4-6,8-9,13H,2-3,7,10-11H2,1H3,(H,15,16)/t13-/m0/s1. The molecule has 1 aromatic carbocycles. The monoisotopic (exact) mass is 248 g/mol. The van der Waals surface area contributed by atoms with E-state index in [-0.39, 0.29) is 0 Å². The van der Waals surface area contributed by atoms with Crippen molar-refractivity contribution in [3.05, 3.63) is 35.9 Å². The predicted molar refractivity (Wildman–Crippen MR) is 76.6 cm³/mol. The highest BCUT2D eigenvalue weighted by molar-refractivity contribution is 8.14. The number of amidine groups is 1. The van der Waals surface area contributed by atoms with Crippen LogP contribution in [0.2, 0.25) is 0 Å². The summed E-state index contributed by atoms with van der Waals surface area (Å²) in [5.74, 6) is 0. The molecule has 1 aliphatic heterocycles. The van der Waals surface area contributed by atoms with Gasteiger partial charge < -0.3 is 5.32 Å². The average molecular weight is 248 g/mol. The number of aliphatic imine (C=N–C) groups is 1. The van der Waals surface area contributed by atoms with Crippen molar-refractivity contribution < 1.29 is 0 Å². The van der Waals surface area contributed by atoms with Crippen molar-refractivity contribution in [3.8, 4) is 0 Å². The van der Waals surface area contributed by atoms with Gasteiger partial charge in [-0.25, -0.2) is 0 Å². The molecule has 0 fully saturated rings. The molecule has 0 amide bonds. The molecule has 92 valence electrons. The minimum atomic E-state index is 0.505. The van der Waals surface area contributed by atoms with Gasteiger partial charge >= 0.3 is 0 Å². The average Bonchev–Trinajstić information content (AvgIpc) is 2.85. The fourth-order valence-electron chi connectivity index (χ4n) is 1.88. The van der Waals surface area contributed by atoms with Crippen LogP contribution in [0.25, 0.3) is 0 Å². The third kappa shape index (κ3) is 3.77. The molecule has 0 unspecified atom stereocenters. The topological polar surface area (TPSA) is 24.4 Å². The Morgan fingerprint density at radius 2 is 2.12 bits per heavy atom. The van der Waals surface area contributed by atoms with Crippen LogP contribution in [-0.4, -0.2) is 18.3 Å². The highest BCUT2D eigenvalue weighted by atomic mass is 32.2. The Kier molecular flexibility index (Phi) is 4.92. The van der Waals surface area contributed by atoms with Gasteiger partial charge in [-0.15, -0.1) is 0 Å². The van der Waals surface area contributed by atoms with Crippen molar-refractivity contribution in [2.45, 2.75) is 31.4 Å². The van der Waals surface area contributed by atoms with Crippen LogP contribution in [0.5, 0.6) is 0 Å². The lowest BCUT2D eigenvalue weighted by Crippen LogP contribution is -2.20. The van der Waals surface area contributed by atoms with E-state index < -0.39 is 0 Å². The molecule has 0 aliphatic carbocycles. The molecule has 2 nitrogen and oxygen atoms in total. The molecule has 17 heavy (non-hydrogen) atoms. The summed E-state index contributed by atoms with van der Waals surface area (Å²) in [6, 6.07) is 10.6. The lowest BCUT2D eigenvalue weighted by atomic mass is 10.1. The van der Waals surface area contributed by atoms with E-state index in [0.29, 0.717) is 5.25 Å². The Bertz CT molecular complexity index is 362. The van der Waals surface area contributed by atoms with E-state index in [9.17, 15) is 0 Å². The largest absolute Gasteiger partial charge is 0.365 e. The van der Waals surface area contributed by atoms with Gasteiger partial charge in [0.15, 0.2) is 5.17 Å². The van der Waals surface area contributed by atoms with Crippen LogP contribution in [0.1, 0.15) is 37.0 Å². The van der Waals surface area contributed by atoms with Crippen molar-refractivity contribution in [2.24, 2.45) is 4.99 Å². The van der Waals surface area contributed by atoms with E-state index in [1.165, 1.54) is 24.8 Å². The highest BCUT2D eigenvalue weighted by Gasteiger charge is 2.20. The van der Waals surface area contributed by atoms with Crippen molar-refractivity contribution >= 4 is 16.9 Å². The molecule has 0 spiro atoms. The van der Waals surface area contributed by atoms with E-state index in [0.717, 1.165) is 18.3 Å². The normalized spacial score (nSPS) is 19.1. The Morgan fingerprint density at radius 1 is 1.29 bits per heavy atom. The maximum atomic E-state index is 4.56. The second kappa shape index (κ2) is 6.70. The minimum absolute atomic E-state index is 0.505. The van der Waals surface area contributed by atoms with Gasteiger partial charge in [0.25, 0.3) is 0 Å². The summed E-state index contributed by atoms with van der Waals surface area (Å²) in [4.78, 5) is 4.56. The maximum Gasteiger partial charge on any atom is 0.157 e. The highest BCUT2D eigenvalue weighted by Crippen LogP contribution is 2.33. The number of hydrogen-bond acceptors (Lipinski definition) is 3. The van der Waals surface area contributed by atoms with Gasteiger partial charge in [0.05, 0.1) is 11.8 Å². The molecule has 0 saturated carbocycles. The summed E-state index contributed by atoms with van der Waals surface area (Å²) in [7, 11) is 0. The molecule has 3 heteroatoms. The van der Waals surface area contributed by atoms with E-state index >= 15 is 0 Å². The van der Waals surface area contributed by atoms with Crippen molar-refractivity contribution in [1.29, 1.82) is 0 Å². The van der Waals surface area contributed by atoms with Gasteiger partial charge in [-0.3, -0.25) is 4.99 Å². The summed E-state index contributed by atoms with van der Waals surface area (Å²) in [6.07, 6.45) is 3.81. The first kappa shape index (κ1) is 12.5. The molecule has 0 radical (unpaired) electrons. The SMILES string of the molecule is CCCCCNC1=NC[C@@H](c2ccccc2)S1. The fraction of sp³-hybridized carbons (Fsp3) is 0.500. The minimum Gasteiger partial charge on any atom is -0.365 e. The molecule has 1 N–H and O–H groups in total. The molecular weight excluding hydrogens is 228 g/mol. The van der Waals surface area contributed by atoms with Gasteiger partial charge in [0.1, 0.15) is 0 Å². The van der Waals surface area contributed by atoms with Gasteiger partial charge in [0.2, 0.25) is 0 Å². The summed E-state index contributed by atoms with van der Waals surface area (Å²) in [5.41, 5.74) is 1.38. The van der Waals surface area contributed by atoms with Crippen LogP contribution < -0.4 is 5.32 Å². The van der Waals surface area contributed by atoms with Gasteiger partial charge in [0, 0.05) is 6.54 Å². The molecular formula is C14H20N2S. The maximum absolute atomic E-state index is 4.56. The number of benzene rings is 1. The molecule has 0 bridgehead atoms. The lowest BCUT2D eigenvalue weighted by Gasteiger charge is -2.09. The summed E-state index contributed by atoms with van der Waals surface area (Å²) >= 11 is 1.86. The van der Waals surface area contributed by atoms with Crippen molar-refractivity contribution in [2.75, 3.05) is 13.1 Å². The molecule has 0 aromatic heterocycles. The Morgan fingerprint density at radius 3 is 2.88 bits per heavy atom. The van der Waals surface area contributed by atoms with Crippen molar-refractivity contribution in [3.63, 3.8) is 0 Å². The number of unbranched alkanes of at least 4 members (excludes halogenated alkanes) is 2. The van der Waals surface area contributed by atoms with Crippen molar-refractivity contribution in [1.82, 2.24) is 5.32 Å². The molecule has 0 saturated heterocycles. The first-order valence-corrected chi connectivity index (χ1v) is 7.28. The first-order chi connectivity index (χ1) is 8.40. The third-order valence-corrected chi connectivity index (χ3v) is 4.08. The Labute approximate surface area is 108 Å². The summed E-state index contributed by atoms with van der Waals surface area (Å²) in [5, 5.41) is 5.05. The number of nitrogens with one attached hydrogen (secondary N) is 1. The Balaban J connectivity index is 1.75. The lowest BCUT2D eigenvalue weighted by molar-refractivity contribution is 0.698. The van der Waals surface area contributed by atoms with E-state index in [1.807, 2.05) is 11.8 Å². The fourth-order valence-corrected chi connectivity index (χ4v) is 2.93. The third-order valence-electron chi connectivity index (χ3n) is 2.88. The molecule has 1 aromatic rings. The summed E-state index contributed by atoms with van der Waals surface area (Å²) < 4.78 is 0. The zero-order valence-electron chi connectivity index (χ0n) is 10.4. The number of nitrogens with zero attached hydrogens (tertiary/aromatic N) is 1. The van der Waals surface area contributed by atoms with Gasteiger partial charge in [-0.05, 0) is 12.0 Å². The first-order valence-electron chi connectivity index (χ1n) is 6.40. The number of thioether (sulfide) groups is 1. The quantitative estimate of drug-likeness (QED) is 0.805. The van der Waals surface area contributed by atoms with Crippen LogP contribution in [0.15, 0.2) is 35.3 Å². The zero-order chi connectivity index (χ0) is 11.9. The second-order valence-electron chi connectivity index (χ2n) is 4.30. The molecule has 1 aliphatic rings. The van der Waals surface area contributed by atoms with Crippen LogP contribution in [-0.2, 0) is 0 Å².